The summed E-state index contributed by atoms with van der Waals surface area (Å²) < 4.78 is 47.1. The molecular weight excluding hydrogens is 423 g/mol. The van der Waals surface area contributed by atoms with Crippen molar-refractivity contribution in [3.8, 4) is 11.3 Å². The molecule has 2 fully saturated rings. The van der Waals surface area contributed by atoms with Crippen molar-refractivity contribution in [2.24, 2.45) is 11.8 Å². The van der Waals surface area contributed by atoms with Crippen LogP contribution in [0.3, 0.4) is 0 Å². The van der Waals surface area contributed by atoms with Crippen molar-refractivity contribution in [2.45, 2.75) is 58.4 Å². The van der Waals surface area contributed by atoms with E-state index in [1.807, 2.05) is 45.4 Å². The summed E-state index contributed by atoms with van der Waals surface area (Å²) in [6, 6.07) is 2.87. The lowest BCUT2D eigenvalue weighted by Gasteiger charge is -2.26. The van der Waals surface area contributed by atoms with E-state index in [0.717, 1.165) is 11.8 Å². The maximum absolute atomic E-state index is 13.3. The van der Waals surface area contributed by atoms with Gasteiger partial charge in [-0.15, -0.1) is 0 Å². The van der Waals surface area contributed by atoms with Gasteiger partial charge in [0, 0.05) is 42.5 Å². The molecule has 4 rings (SSSR count). The van der Waals surface area contributed by atoms with Crippen LogP contribution in [0, 0.1) is 11.8 Å². The number of aromatic nitrogens is 3. The first kappa shape index (κ1) is 22.4. The number of carbonyl (C=O) groups excluding carboxylic acids is 1. The summed E-state index contributed by atoms with van der Waals surface area (Å²) in [6.07, 6.45) is -3.58. The van der Waals surface area contributed by atoms with Crippen LogP contribution in [0.1, 0.15) is 57.8 Å². The maximum Gasteiger partial charge on any atom is 0.419 e. The molecule has 2 atom stereocenters. The molecule has 10 heteroatoms. The van der Waals surface area contributed by atoms with Gasteiger partial charge in [-0.05, 0) is 58.6 Å². The Balaban J connectivity index is 1.56. The van der Waals surface area contributed by atoms with Gasteiger partial charge in [0.2, 0.25) is 0 Å². The van der Waals surface area contributed by atoms with Crippen LogP contribution < -0.4 is 5.73 Å². The molecule has 1 saturated carbocycles. The molecule has 1 aliphatic heterocycles. The van der Waals surface area contributed by atoms with Crippen molar-refractivity contribution in [2.75, 3.05) is 18.8 Å². The van der Waals surface area contributed by atoms with Gasteiger partial charge in [-0.3, -0.25) is 4.68 Å². The molecule has 2 aromatic heterocycles. The van der Waals surface area contributed by atoms with E-state index in [9.17, 15) is 18.0 Å². The number of piperidine rings is 1. The fraction of sp³-hybridized carbons (Fsp3) is 0.591. The smallest absolute Gasteiger partial charge is 0.419 e. The Morgan fingerprint density at radius 3 is 2.34 bits per heavy atom. The van der Waals surface area contributed by atoms with Crippen molar-refractivity contribution in [3.63, 3.8) is 0 Å². The highest BCUT2D eigenvalue weighted by Crippen LogP contribution is 2.59. The number of halogens is 3. The van der Waals surface area contributed by atoms with Gasteiger partial charge in [-0.25, -0.2) is 9.78 Å². The monoisotopic (exact) mass is 451 g/mol. The molecule has 1 saturated heterocycles. The summed E-state index contributed by atoms with van der Waals surface area (Å²) in [7, 11) is 0. The minimum atomic E-state index is -4.59. The third kappa shape index (κ3) is 4.14. The number of carbonyl (C=O) groups is 1. The van der Waals surface area contributed by atoms with E-state index >= 15 is 0 Å². The van der Waals surface area contributed by atoms with Gasteiger partial charge in [-0.1, -0.05) is 0 Å². The van der Waals surface area contributed by atoms with E-state index in [2.05, 4.69) is 10.1 Å². The fourth-order valence-electron chi connectivity index (χ4n) is 4.50. The number of nitrogens with two attached hydrogens (primary N) is 1. The highest BCUT2D eigenvalue weighted by atomic mass is 19.4. The lowest BCUT2D eigenvalue weighted by Crippen LogP contribution is -2.37. The van der Waals surface area contributed by atoms with Crippen LogP contribution in [0.4, 0.5) is 23.8 Å². The standard InChI is InChI=1S/C22H28F3N5O2/c1-11(2)30-17(18-13-9-29(10-14(13)18)20(31)32-21(3,4)5)7-16(28-30)12-6-15(22(23,24)25)19(26)27-8-12/h6-8,11,13-14,18H,9-10H2,1-5H3,(H2,26,27). The van der Waals surface area contributed by atoms with Crippen LogP contribution in [0.2, 0.25) is 0 Å². The van der Waals surface area contributed by atoms with Crippen molar-refractivity contribution in [3.05, 3.63) is 29.6 Å². The second kappa shape index (κ2) is 7.38. The maximum atomic E-state index is 13.3. The van der Waals surface area contributed by atoms with Crippen molar-refractivity contribution in [1.82, 2.24) is 19.7 Å². The van der Waals surface area contributed by atoms with Gasteiger partial charge in [-0.2, -0.15) is 18.3 Å². The van der Waals surface area contributed by atoms with Gasteiger partial charge in [0.05, 0.1) is 11.3 Å². The summed E-state index contributed by atoms with van der Waals surface area (Å²) in [4.78, 5) is 17.8. The Morgan fingerprint density at radius 1 is 1.19 bits per heavy atom. The second-order valence-electron chi connectivity index (χ2n) is 9.89. The molecule has 2 aromatic rings. The molecule has 2 aliphatic rings. The molecule has 1 amide bonds. The first-order valence-corrected chi connectivity index (χ1v) is 10.7. The number of amides is 1. The minimum absolute atomic E-state index is 0.0332. The molecule has 0 bridgehead atoms. The van der Waals surface area contributed by atoms with Gasteiger partial charge in [0.1, 0.15) is 11.4 Å². The second-order valence-corrected chi connectivity index (χ2v) is 9.89. The number of hydrogen-bond acceptors (Lipinski definition) is 5. The molecule has 0 radical (unpaired) electrons. The summed E-state index contributed by atoms with van der Waals surface area (Å²) in [5.74, 6) is 0.240. The zero-order valence-electron chi connectivity index (χ0n) is 18.8. The Bertz CT molecular complexity index is 1030. The Kier molecular flexibility index (Phi) is 5.17. The van der Waals surface area contributed by atoms with Crippen molar-refractivity contribution in [1.29, 1.82) is 0 Å². The first-order valence-electron chi connectivity index (χ1n) is 10.7. The number of anilines is 1. The molecule has 2 unspecified atom stereocenters. The van der Waals surface area contributed by atoms with Crippen molar-refractivity contribution >= 4 is 11.9 Å². The van der Waals surface area contributed by atoms with Gasteiger partial charge in [0.15, 0.2) is 0 Å². The number of nitrogen functional groups attached to an aromatic ring is 1. The molecule has 0 aromatic carbocycles. The SMILES string of the molecule is CC(C)n1nc(-c2cnc(N)c(C(F)(F)F)c2)cc1C1C2CN(C(=O)OC(C)(C)C)CC21. The number of nitrogens with zero attached hydrogens (tertiary/aromatic N) is 4. The highest BCUT2D eigenvalue weighted by molar-refractivity contribution is 5.69. The van der Waals surface area contributed by atoms with Crippen LogP contribution in [0.5, 0.6) is 0 Å². The molecule has 32 heavy (non-hydrogen) atoms. The number of pyridine rings is 1. The number of likely N-dealkylation sites (tertiary alicyclic amines) is 1. The Hall–Kier alpha value is -2.78. The number of ether oxygens (including phenoxy) is 1. The van der Waals surface area contributed by atoms with Gasteiger partial charge < -0.3 is 15.4 Å². The van der Waals surface area contributed by atoms with Crippen LogP contribution in [0.15, 0.2) is 18.3 Å². The zero-order chi connectivity index (χ0) is 23.6. The van der Waals surface area contributed by atoms with Gasteiger partial charge in [0.25, 0.3) is 0 Å². The predicted molar refractivity (Wildman–Crippen MR) is 113 cm³/mol. The largest absolute Gasteiger partial charge is 0.444 e. The van der Waals surface area contributed by atoms with E-state index < -0.39 is 23.2 Å². The average Bonchev–Trinajstić information content (AvgIpc) is 3.03. The molecule has 7 nitrogen and oxygen atoms in total. The topological polar surface area (TPSA) is 86.3 Å². The van der Waals surface area contributed by atoms with Crippen LogP contribution >= 0.6 is 0 Å². The van der Waals surface area contributed by atoms with Gasteiger partial charge >= 0.3 is 12.3 Å². The van der Waals surface area contributed by atoms with Crippen molar-refractivity contribution < 1.29 is 22.7 Å². The number of hydrogen-bond donors (Lipinski definition) is 1. The molecule has 174 valence electrons. The van der Waals surface area contributed by atoms with Crippen LogP contribution in [0.25, 0.3) is 11.3 Å². The Labute approximate surface area is 184 Å². The van der Waals surface area contributed by atoms with E-state index in [1.165, 1.54) is 6.20 Å². The van der Waals surface area contributed by atoms with Crippen LogP contribution in [-0.2, 0) is 10.9 Å². The lowest BCUT2D eigenvalue weighted by atomic mass is 10.1. The van der Waals surface area contributed by atoms with E-state index in [1.54, 1.807) is 4.90 Å². The lowest BCUT2D eigenvalue weighted by molar-refractivity contribution is -0.137. The number of alkyl halides is 3. The zero-order valence-corrected chi connectivity index (χ0v) is 18.8. The first-order chi connectivity index (χ1) is 14.8. The van der Waals surface area contributed by atoms with Crippen LogP contribution in [-0.4, -0.2) is 44.4 Å². The third-order valence-electron chi connectivity index (χ3n) is 5.96. The highest BCUT2D eigenvalue weighted by Gasteiger charge is 2.59. The van der Waals surface area contributed by atoms with E-state index in [0.29, 0.717) is 30.6 Å². The third-order valence-corrected chi connectivity index (χ3v) is 5.96. The number of fused-ring (bicyclic) bond motifs is 1. The molecular formula is C22H28F3N5O2. The average molecular weight is 451 g/mol. The normalized spacial score (nSPS) is 22.9. The quantitative estimate of drug-likeness (QED) is 0.731. The number of rotatable bonds is 3. The van der Waals surface area contributed by atoms with E-state index in [4.69, 9.17) is 10.5 Å². The molecule has 0 spiro atoms. The summed E-state index contributed by atoms with van der Waals surface area (Å²) in [5, 5.41) is 4.59. The Morgan fingerprint density at radius 2 is 1.81 bits per heavy atom. The summed E-state index contributed by atoms with van der Waals surface area (Å²) >= 11 is 0. The summed E-state index contributed by atoms with van der Waals surface area (Å²) in [5.41, 5.74) is 5.60. The summed E-state index contributed by atoms with van der Waals surface area (Å²) in [6.45, 7) is 10.7. The van der Waals surface area contributed by atoms with E-state index in [-0.39, 0.29) is 23.6 Å². The predicted octanol–water partition coefficient (Wildman–Crippen LogP) is 4.71. The minimum Gasteiger partial charge on any atom is -0.444 e. The fourth-order valence-corrected chi connectivity index (χ4v) is 4.50. The molecule has 2 N–H and O–H groups in total. The molecule has 3 heterocycles. The molecule has 1 aliphatic carbocycles.